The molecule has 4 nitrogen and oxygen atoms in total. The van der Waals surface area contributed by atoms with Gasteiger partial charge < -0.3 is 10.2 Å². The lowest BCUT2D eigenvalue weighted by Gasteiger charge is -2.27. The third-order valence-electron chi connectivity index (χ3n) is 3.58. The van der Waals surface area contributed by atoms with Crippen LogP contribution in [0.2, 0.25) is 0 Å². The molecule has 1 aromatic carbocycles. The normalized spacial score (nSPS) is 15.5. The van der Waals surface area contributed by atoms with E-state index in [1.54, 1.807) is 6.92 Å². The van der Waals surface area contributed by atoms with Crippen LogP contribution in [0.3, 0.4) is 0 Å². The molecule has 1 aromatic rings. The number of carboxylic acid groups (broad SMARTS) is 2. The SMILES string of the molecule is CCC(C(=O)O)C(C(=O)O)C(CC)c1ccccc1. The molecular formula is C15H20O4. The molecule has 0 spiro atoms. The molecule has 0 heterocycles. The molecule has 0 bridgehead atoms. The van der Waals surface area contributed by atoms with Crippen LogP contribution in [0.5, 0.6) is 0 Å². The molecule has 0 aromatic heterocycles. The summed E-state index contributed by atoms with van der Waals surface area (Å²) in [6, 6.07) is 9.27. The standard InChI is InChI=1S/C15H20O4/c1-3-11(10-8-6-5-7-9-10)13(15(18)19)12(4-2)14(16)17/h5-9,11-13H,3-4H2,1-2H3,(H,16,17)(H,18,19). The summed E-state index contributed by atoms with van der Waals surface area (Å²) in [5.41, 5.74) is 0.886. The van der Waals surface area contributed by atoms with Gasteiger partial charge in [0.25, 0.3) is 0 Å². The average Bonchev–Trinajstić information content (AvgIpc) is 2.39. The van der Waals surface area contributed by atoms with Gasteiger partial charge in [0, 0.05) is 0 Å². The van der Waals surface area contributed by atoms with Crippen molar-refractivity contribution in [2.24, 2.45) is 11.8 Å². The number of benzene rings is 1. The number of hydrogen-bond donors (Lipinski definition) is 2. The van der Waals surface area contributed by atoms with E-state index in [1.165, 1.54) is 0 Å². The van der Waals surface area contributed by atoms with Crippen molar-refractivity contribution in [3.8, 4) is 0 Å². The minimum absolute atomic E-state index is 0.278. The Labute approximate surface area is 113 Å². The average molecular weight is 264 g/mol. The van der Waals surface area contributed by atoms with Crippen molar-refractivity contribution in [2.75, 3.05) is 0 Å². The summed E-state index contributed by atoms with van der Waals surface area (Å²) in [4.78, 5) is 22.8. The number of aliphatic carboxylic acids is 2. The second-order valence-corrected chi connectivity index (χ2v) is 4.64. The van der Waals surface area contributed by atoms with E-state index in [0.29, 0.717) is 12.8 Å². The Morgan fingerprint density at radius 2 is 1.58 bits per heavy atom. The zero-order valence-corrected chi connectivity index (χ0v) is 11.2. The van der Waals surface area contributed by atoms with Gasteiger partial charge in [0.1, 0.15) is 0 Å². The fourth-order valence-electron chi connectivity index (χ4n) is 2.60. The maximum atomic E-state index is 11.5. The summed E-state index contributed by atoms with van der Waals surface area (Å²) in [7, 11) is 0. The minimum atomic E-state index is -1.04. The van der Waals surface area contributed by atoms with Crippen molar-refractivity contribution >= 4 is 11.9 Å². The van der Waals surface area contributed by atoms with Crippen molar-refractivity contribution in [3.05, 3.63) is 35.9 Å². The Morgan fingerprint density at radius 3 is 1.95 bits per heavy atom. The predicted molar refractivity (Wildman–Crippen MR) is 72.0 cm³/mol. The van der Waals surface area contributed by atoms with Gasteiger partial charge in [-0.1, -0.05) is 44.2 Å². The zero-order valence-electron chi connectivity index (χ0n) is 11.2. The first-order chi connectivity index (χ1) is 9.02. The number of carbonyl (C=O) groups is 2. The van der Waals surface area contributed by atoms with E-state index < -0.39 is 23.8 Å². The Morgan fingerprint density at radius 1 is 1.00 bits per heavy atom. The van der Waals surface area contributed by atoms with Crippen LogP contribution in [0.15, 0.2) is 30.3 Å². The molecule has 0 aliphatic heterocycles. The highest BCUT2D eigenvalue weighted by atomic mass is 16.4. The van der Waals surface area contributed by atoms with Crippen LogP contribution < -0.4 is 0 Å². The highest BCUT2D eigenvalue weighted by molar-refractivity contribution is 5.80. The van der Waals surface area contributed by atoms with Gasteiger partial charge in [-0.25, -0.2) is 0 Å². The molecule has 0 aliphatic carbocycles. The number of hydrogen-bond acceptors (Lipinski definition) is 2. The van der Waals surface area contributed by atoms with E-state index in [2.05, 4.69) is 0 Å². The maximum Gasteiger partial charge on any atom is 0.307 e. The topological polar surface area (TPSA) is 74.6 Å². The largest absolute Gasteiger partial charge is 0.481 e. The highest BCUT2D eigenvalue weighted by Gasteiger charge is 2.38. The molecule has 0 aliphatic rings. The van der Waals surface area contributed by atoms with Crippen LogP contribution in [-0.4, -0.2) is 22.2 Å². The van der Waals surface area contributed by atoms with Gasteiger partial charge in [-0.2, -0.15) is 0 Å². The van der Waals surface area contributed by atoms with Gasteiger partial charge in [-0.15, -0.1) is 0 Å². The summed E-state index contributed by atoms with van der Waals surface area (Å²) in [6.07, 6.45) is 0.917. The van der Waals surface area contributed by atoms with Crippen molar-refractivity contribution < 1.29 is 19.8 Å². The molecule has 0 radical (unpaired) electrons. The summed E-state index contributed by atoms with van der Waals surface area (Å²) in [6.45, 7) is 3.61. The first kappa shape index (κ1) is 15.2. The molecule has 2 N–H and O–H groups in total. The van der Waals surface area contributed by atoms with Gasteiger partial charge >= 0.3 is 11.9 Å². The third-order valence-corrected chi connectivity index (χ3v) is 3.58. The van der Waals surface area contributed by atoms with Gasteiger partial charge in [0.15, 0.2) is 0 Å². The van der Waals surface area contributed by atoms with Crippen molar-refractivity contribution in [1.82, 2.24) is 0 Å². The molecule has 4 heteroatoms. The second kappa shape index (κ2) is 6.92. The Balaban J connectivity index is 3.15. The van der Waals surface area contributed by atoms with E-state index >= 15 is 0 Å². The summed E-state index contributed by atoms with van der Waals surface area (Å²) < 4.78 is 0. The maximum absolute atomic E-state index is 11.5. The third kappa shape index (κ3) is 3.56. The van der Waals surface area contributed by atoms with Gasteiger partial charge in [-0.05, 0) is 24.3 Å². The van der Waals surface area contributed by atoms with Gasteiger partial charge in [0.2, 0.25) is 0 Å². The van der Waals surface area contributed by atoms with Crippen LogP contribution in [0.1, 0.15) is 38.2 Å². The highest BCUT2D eigenvalue weighted by Crippen LogP contribution is 2.35. The van der Waals surface area contributed by atoms with Crippen LogP contribution in [0.4, 0.5) is 0 Å². The first-order valence-electron chi connectivity index (χ1n) is 6.53. The summed E-state index contributed by atoms with van der Waals surface area (Å²) in [5.74, 6) is -4.11. The molecule has 0 fully saturated rings. The Hall–Kier alpha value is -1.84. The molecule has 0 saturated carbocycles. The molecule has 3 atom stereocenters. The van der Waals surface area contributed by atoms with Crippen LogP contribution in [0.25, 0.3) is 0 Å². The minimum Gasteiger partial charge on any atom is -0.481 e. The molecule has 3 unspecified atom stereocenters. The molecule has 104 valence electrons. The monoisotopic (exact) mass is 264 g/mol. The molecule has 0 amide bonds. The van der Waals surface area contributed by atoms with E-state index in [9.17, 15) is 19.8 Å². The Bertz CT molecular complexity index is 427. The Kier molecular flexibility index (Phi) is 5.55. The molecule has 1 rings (SSSR count). The second-order valence-electron chi connectivity index (χ2n) is 4.64. The van der Waals surface area contributed by atoms with E-state index in [-0.39, 0.29) is 5.92 Å². The number of carboxylic acids is 2. The smallest absolute Gasteiger partial charge is 0.307 e. The van der Waals surface area contributed by atoms with Crippen molar-refractivity contribution in [1.29, 1.82) is 0 Å². The quantitative estimate of drug-likeness (QED) is 0.794. The van der Waals surface area contributed by atoms with Crippen LogP contribution >= 0.6 is 0 Å². The first-order valence-corrected chi connectivity index (χ1v) is 6.53. The fourth-order valence-corrected chi connectivity index (χ4v) is 2.60. The predicted octanol–water partition coefficient (Wildman–Crippen LogP) is 2.99. The van der Waals surface area contributed by atoms with Crippen molar-refractivity contribution in [3.63, 3.8) is 0 Å². The lowest BCUT2D eigenvalue weighted by molar-refractivity contribution is -0.155. The molecule has 0 saturated heterocycles. The van der Waals surface area contributed by atoms with Crippen LogP contribution in [-0.2, 0) is 9.59 Å². The summed E-state index contributed by atoms with van der Waals surface area (Å²) in [5, 5.41) is 18.6. The zero-order chi connectivity index (χ0) is 14.4. The molecular weight excluding hydrogens is 244 g/mol. The fraction of sp³-hybridized carbons (Fsp3) is 0.467. The lowest BCUT2D eigenvalue weighted by atomic mass is 9.75. The lowest BCUT2D eigenvalue weighted by Crippen LogP contribution is -2.34. The van der Waals surface area contributed by atoms with Gasteiger partial charge in [0.05, 0.1) is 11.8 Å². The number of rotatable bonds is 7. The van der Waals surface area contributed by atoms with E-state index in [4.69, 9.17) is 0 Å². The van der Waals surface area contributed by atoms with Crippen LogP contribution in [0, 0.1) is 11.8 Å². The summed E-state index contributed by atoms with van der Waals surface area (Å²) >= 11 is 0. The van der Waals surface area contributed by atoms with E-state index in [1.807, 2.05) is 37.3 Å². The van der Waals surface area contributed by atoms with Crippen molar-refractivity contribution in [2.45, 2.75) is 32.6 Å². The molecule has 19 heavy (non-hydrogen) atoms. The van der Waals surface area contributed by atoms with E-state index in [0.717, 1.165) is 5.56 Å². The van der Waals surface area contributed by atoms with Gasteiger partial charge in [-0.3, -0.25) is 9.59 Å².